The number of aliphatic hydroxyl groups is 1. The molecule has 0 aliphatic heterocycles. The minimum Gasteiger partial charge on any atom is -0.494 e. The Hall–Kier alpha value is -4.91. The van der Waals surface area contributed by atoms with Crippen LogP contribution in [0, 0.1) is 0 Å². The summed E-state index contributed by atoms with van der Waals surface area (Å²) in [5.74, 6) is -1.34. The van der Waals surface area contributed by atoms with Crippen LogP contribution < -0.4 is 9.47 Å². The van der Waals surface area contributed by atoms with Gasteiger partial charge in [0.25, 0.3) is 0 Å². The molecule has 4 aromatic rings. The Morgan fingerprint density at radius 2 is 1.55 bits per heavy atom. The lowest BCUT2D eigenvalue weighted by Crippen LogP contribution is -2.43. The molecule has 2 atom stereocenters. The van der Waals surface area contributed by atoms with Gasteiger partial charge in [-0.2, -0.15) is 0 Å². The van der Waals surface area contributed by atoms with E-state index in [1.165, 1.54) is 0 Å². The van der Waals surface area contributed by atoms with Gasteiger partial charge in [-0.3, -0.25) is 4.79 Å². The molecular weight excluding hydrogens is 678 g/mol. The minimum atomic E-state index is -2.71. The van der Waals surface area contributed by atoms with E-state index in [0.717, 1.165) is 48.7 Å². The average molecular weight is 723 g/mol. The number of halogens is 1. The standard InChI is InChI=1S/C38H44ClN3O9/c1-4-41(5-2)21-6-22-49-30-14-8-27(9-15-30)33-25-42(29-12-18-32(19-13-29)51-31-16-10-28(39)11-17-31)34(40-33)20-7-26(3)50-36(45)24-38(48,37(46)47)23-35(43)44/h8-19,25-26,48H,4-7,20-24H2,1-3H3,(H,43,44)(H,46,47)/p+1. The molecule has 3 aromatic carbocycles. The Morgan fingerprint density at radius 1 is 0.941 bits per heavy atom. The van der Waals surface area contributed by atoms with Gasteiger partial charge < -0.3 is 43.8 Å². The highest BCUT2D eigenvalue weighted by molar-refractivity contribution is 6.30. The van der Waals surface area contributed by atoms with Crippen molar-refractivity contribution in [2.24, 2.45) is 0 Å². The Morgan fingerprint density at radius 3 is 2.14 bits per heavy atom. The largest absolute Gasteiger partial charge is 0.494 e. The smallest absolute Gasteiger partial charge is 0.486 e. The van der Waals surface area contributed by atoms with Crippen LogP contribution in [0.3, 0.4) is 0 Å². The van der Waals surface area contributed by atoms with Gasteiger partial charge in [-0.25, -0.2) is 9.78 Å². The number of aromatic nitrogens is 2. The SMILES string of the molecule is CCN(CC)CCCOc1ccc(-c2cn(-c3ccc(Oc4ccc(Cl)cc4)cc3)c(CCC(C)OC(=[OH+])CC(O)(CC(=O)O)C(=O)O)n2)cc1. The second-order valence-electron chi connectivity index (χ2n) is 12.2. The highest BCUT2D eigenvalue weighted by Gasteiger charge is 2.44. The summed E-state index contributed by atoms with van der Waals surface area (Å²) in [5, 5.41) is 29.2. The third kappa shape index (κ3) is 11.6. The lowest BCUT2D eigenvalue weighted by molar-refractivity contribution is -0.165. The Balaban J connectivity index is 1.49. The fourth-order valence-corrected chi connectivity index (χ4v) is 5.52. The quantitative estimate of drug-likeness (QED) is 0.0513. The van der Waals surface area contributed by atoms with Gasteiger partial charge in [-0.1, -0.05) is 25.4 Å². The molecule has 2 unspecified atom stereocenters. The Kier molecular flexibility index (Phi) is 14.0. The van der Waals surface area contributed by atoms with Crippen molar-refractivity contribution < 1.29 is 43.9 Å². The number of aliphatic carboxylic acids is 2. The molecule has 0 fully saturated rings. The lowest BCUT2D eigenvalue weighted by atomic mass is 9.96. The number of benzene rings is 3. The van der Waals surface area contributed by atoms with E-state index < -0.39 is 42.5 Å². The molecule has 4 rings (SSSR count). The number of hydrogen-bond donors (Lipinski definition) is 3. The maximum Gasteiger partial charge on any atom is 0.486 e. The van der Waals surface area contributed by atoms with E-state index in [-0.39, 0.29) is 0 Å². The molecule has 4 N–H and O–H groups in total. The molecule has 1 aromatic heterocycles. The van der Waals surface area contributed by atoms with Crippen LogP contribution in [0.4, 0.5) is 0 Å². The van der Waals surface area contributed by atoms with Gasteiger partial charge in [0.1, 0.15) is 29.5 Å². The van der Waals surface area contributed by atoms with E-state index in [4.69, 9.17) is 35.9 Å². The van der Waals surface area contributed by atoms with Crippen molar-refractivity contribution in [1.29, 1.82) is 0 Å². The predicted molar refractivity (Wildman–Crippen MR) is 194 cm³/mol. The topological polar surface area (TPSA) is 165 Å². The number of carbonyl (C=O) groups is 2. The van der Waals surface area contributed by atoms with Crippen molar-refractivity contribution in [3.63, 3.8) is 0 Å². The number of rotatable bonds is 20. The van der Waals surface area contributed by atoms with E-state index in [2.05, 4.69) is 18.7 Å². The van der Waals surface area contributed by atoms with Crippen molar-refractivity contribution >= 4 is 29.5 Å². The summed E-state index contributed by atoms with van der Waals surface area (Å²) < 4.78 is 19.3. The molecule has 0 amide bonds. The molecular formula is C38H45ClN3O9+. The van der Waals surface area contributed by atoms with Crippen LogP contribution in [0.15, 0.2) is 79.0 Å². The maximum atomic E-state index is 11.5. The van der Waals surface area contributed by atoms with Crippen LogP contribution in [-0.2, 0) is 20.7 Å². The van der Waals surface area contributed by atoms with Crippen LogP contribution in [-0.4, -0.2) is 90.4 Å². The number of ether oxygens (including phenoxy) is 3. The van der Waals surface area contributed by atoms with Crippen molar-refractivity contribution in [3.8, 4) is 34.2 Å². The third-order valence-corrected chi connectivity index (χ3v) is 8.52. The molecule has 0 saturated carbocycles. The fourth-order valence-electron chi connectivity index (χ4n) is 5.39. The molecule has 51 heavy (non-hydrogen) atoms. The molecule has 0 radical (unpaired) electrons. The second-order valence-corrected chi connectivity index (χ2v) is 12.6. The van der Waals surface area contributed by atoms with Crippen molar-refractivity contribution in [1.82, 2.24) is 14.5 Å². The van der Waals surface area contributed by atoms with Gasteiger partial charge in [-0.05, 0) is 99.2 Å². The molecule has 12 nitrogen and oxygen atoms in total. The van der Waals surface area contributed by atoms with Gasteiger partial charge >= 0.3 is 17.9 Å². The summed E-state index contributed by atoms with van der Waals surface area (Å²) in [6.07, 6.45) is 0.983. The van der Waals surface area contributed by atoms with Gasteiger partial charge in [0.05, 0.1) is 18.7 Å². The van der Waals surface area contributed by atoms with Crippen molar-refractivity contribution in [2.45, 2.75) is 64.6 Å². The van der Waals surface area contributed by atoms with Crippen LogP contribution >= 0.6 is 11.6 Å². The zero-order valence-corrected chi connectivity index (χ0v) is 29.8. The van der Waals surface area contributed by atoms with Gasteiger partial charge in [0.2, 0.25) is 0 Å². The highest BCUT2D eigenvalue weighted by atomic mass is 35.5. The zero-order chi connectivity index (χ0) is 37.0. The summed E-state index contributed by atoms with van der Waals surface area (Å²) >= 11 is 5.99. The van der Waals surface area contributed by atoms with Crippen LogP contribution in [0.5, 0.6) is 17.2 Å². The summed E-state index contributed by atoms with van der Waals surface area (Å²) in [5.41, 5.74) is -0.281. The van der Waals surface area contributed by atoms with Crippen LogP contribution in [0.25, 0.3) is 16.9 Å². The van der Waals surface area contributed by atoms with Crippen LogP contribution in [0.1, 0.15) is 52.3 Å². The fraction of sp³-hybridized carbons (Fsp3) is 0.368. The average Bonchev–Trinajstić information content (AvgIpc) is 3.53. The molecule has 272 valence electrons. The van der Waals surface area contributed by atoms with Gasteiger partial charge in [-0.15, -0.1) is 0 Å². The molecule has 13 heteroatoms. The first-order valence-electron chi connectivity index (χ1n) is 16.9. The Labute approximate surface area is 302 Å². The van der Waals surface area contributed by atoms with E-state index >= 15 is 0 Å². The lowest BCUT2D eigenvalue weighted by Gasteiger charge is -2.18. The zero-order valence-electron chi connectivity index (χ0n) is 29.0. The van der Waals surface area contributed by atoms with Gasteiger partial charge in [0.15, 0.2) is 11.7 Å². The number of carboxylic acid groups (broad SMARTS) is 2. The van der Waals surface area contributed by atoms with Crippen molar-refractivity contribution in [3.05, 3.63) is 89.8 Å². The van der Waals surface area contributed by atoms with E-state index in [1.807, 2.05) is 59.3 Å². The molecule has 0 spiro atoms. The monoisotopic (exact) mass is 722 g/mol. The predicted octanol–water partition coefficient (Wildman–Crippen LogP) is 6.62. The number of carbonyl (C=O) groups excluding carboxylic acids is 1. The molecule has 0 saturated heterocycles. The normalized spacial score (nSPS) is 13.0. The second kappa shape index (κ2) is 18.4. The van der Waals surface area contributed by atoms with E-state index in [0.29, 0.717) is 41.8 Å². The Bertz CT molecular complexity index is 1740. The van der Waals surface area contributed by atoms with E-state index in [1.54, 1.807) is 31.2 Å². The first kappa shape index (κ1) is 38.9. The first-order chi connectivity index (χ1) is 24.4. The summed E-state index contributed by atoms with van der Waals surface area (Å²) in [6.45, 7) is 9.60. The van der Waals surface area contributed by atoms with Crippen molar-refractivity contribution in [2.75, 3.05) is 26.2 Å². The minimum absolute atomic E-state index is 0.350. The first-order valence-corrected chi connectivity index (χ1v) is 17.2. The van der Waals surface area contributed by atoms with Gasteiger partial charge in [0, 0.05) is 41.9 Å². The summed E-state index contributed by atoms with van der Waals surface area (Å²) in [6, 6.07) is 22.3. The number of hydrogen-bond acceptors (Lipinski definition) is 8. The highest BCUT2D eigenvalue weighted by Crippen LogP contribution is 2.28. The molecule has 1 heterocycles. The third-order valence-electron chi connectivity index (χ3n) is 8.27. The van der Waals surface area contributed by atoms with E-state index in [9.17, 15) is 24.6 Å². The molecule has 0 bridgehead atoms. The number of aryl methyl sites for hydroxylation is 1. The number of esters is 1. The molecule has 0 aliphatic rings. The maximum absolute atomic E-state index is 11.5. The van der Waals surface area contributed by atoms with Crippen LogP contribution in [0.2, 0.25) is 5.02 Å². The molecule has 0 aliphatic carbocycles. The number of nitrogens with zero attached hydrogens (tertiary/aromatic N) is 3. The summed E-state index contributed by atoms with van der Waals surface area (Å²) in [7, 11) is 0. The number of carboxylic acids is 2. The summed E-state index contributed by atoms with van der Waals surface area (Å²) in [4.78, 5) is 40.2. The number of imidazole rings is 1.